The molecule has 3 heterocycles. The van der Waals surface area contributed by atoms with Crippen molar-refractivity contribution < 1.29 is 38.9 Å². The molecular weight excluding hydrogens is 618 g/mol. The number of aromatic nitrogens is 1. The fraction of sp³-hybridized carbons (Fsp3) is 0.286. The Hall–Kier alpha value is -5.69. The van der Waals surface area contributed by atoms with Crippen LogP contribution >= 0.6 is 0 Å². The van der Waals surface area contributed by atoms with Crippen LogP contribution in [-0.4, -0.2) is 82.1 Å². The molecule has 4 aromatic rings. The van der Waals surface area contributed by atoms with Gasteiger partial charge in [0.1, 0.15) is 46.6 Å². The van der Waals surface area contributed by atoms with Gasteiger partial charge in [0.15, 0.2) is 0 Å². The van der Waals surface area contributed by atoms with Crippen molar-refractivity contribution in [3.63, 3.8) is 0 Å². The van der Waals surface area contributed by atoms with Crippen LogP contribution in [0.4, 0.5) is 0 Å². The van der Waals surface area contributed by atoms with Crippen LogP contribution in [0.15, 0.2) is 72.9 Å². The summed E-state index contributed by atoms with van der Waals surface area (Å²) in [6.45, 7) is 2.94. The van der Waals surface area contributed by atoms with Crippen molar-refractivity contribution in [2.45, 2.75) is 51.0 Å². The highest BCUT2D eigenvalue weighted by Crippen LogP contribution is 2.29. The van der Waals surface area contributed by atoms with E-state index in [0.29, 0.717) is 22.6 Å². The van der Waals surface area contributed by atoms with E-state index in [-0.39, 0.29) is 35.9 Å². The number of phenols is 1. The summed E-state index contributed by atoms with van der Waals surface area (Å²) in [4.78, 5) is 59.6. The quantitative estimate of drug-likeness (QED) is 0.202. The van der Waals surface area contributed by atoms with E-state index < -0.39 is 42.0 Å². The Labute approximate surface area is 276 Å². The predicted molar refractivity (Wildman–Crippen MR) is 176 cm³/mol. The van der Waals surface area contributed by atoms with Crippen LogP contribution in [0.3, 0.4) is 0 Å². The minimum absolute atomic E-state index is 0.122. The number of phenolic OH excluding ortho intramolecular Hbond substituents is 1. The molecule has 0 saturated carbocycles. The van der Waals surface area contributed by atoms with Gasteiger partial charge in [0.05, 0.1) is 18.8 Å². The largest absolute Gasteiger partial charge is 0.507 e. The Balaban J connectivity index is 1.46. The minimum Gasteiger partial charge on any atom is -0.507 e. The van der Waals surface area contributed by atoms with E-state index in [1.165, 1.54) is 36.9 Å². The summed E-state index contributed by atoms with van der Waals surface area (Å²) in [5.41, 5.74) is 2.02. The molecular formula is C35H37N5O8. The molecule has 13 nitrogen and oxygen atoms in total. The molecule has 0 saturated heterocycles. The highest BCUT2D eigenvalue weighted by atomic mass is 16.5. The van der Waals surface area contributed by atoms with Crippen molar-refractivity contribution in [3.05, 3.63) is 89.6 Å². The number of carbonyl (C=O) groups is 4. The molecule has 4 amide bonds. The van der Waals surface area contributed by atoms with Gasteiger partial charge in [0.2, 0.25) is 17.7 Å². The Morgan fingerprint density at radius 1 is 1.02 bits per heavy atom. The molecule has 0 aliphatic carbocycles. The zero-order valence-corrected chi connectivity index (χ0v) is 26.9. The normalized spacial score (nSPS) is 19.2. The lowest BCUT2D eigenvalue weighted by Crippen LogP contribution is -2.58. The van der Waals surface area contributed by atoms with Crippen LogP contribution in [0.1, 0.15) is 35.3 Å². The third-order valence-corrected chi connectivity index (χ3v) is 8.06. The van der Waals surface area contributed by atoms with Crippen LogP contribution in [0.2, 0.25) is 0 Å². The van der Waals surface area contributed by atoms with Gasteiger partial charge in [-0.1, -0.05) is 24.3 Å². The molecule has 13 heteroatoms. The fourth-order valence-corrected chi connectivity index (χ4v) is 5.42. The van der Waals surface area contributed by atoms with E-state index >= 15 is 0 Å². The van der Waals surface area contributed by atoms with Crippen LogP contribution < -0.4 is 25.4 Å². The number of amides is 4. The lowest BCUT2D eigenvalue weighted by atomic mass is 10.0. The lowest BCUT2D eigenvalue weighted by Gasteiger charge is -2.27. The summed E-state index contributed by atoms with van der Waals surface area (Å²) in [5.74, 6) is -1.83. The van der Waals surface area contributed by atoms with Crippen LogP contribution in [0, 0.1) is 0 Å². The number of hydrogen-bond acceptors (Lipinski definition) is 9. The van der Waals surface area contributed by atoms with Crippen molar-refractivity contribution in [1.29, 1.82) is 0 Å². The minimum atomic E-state index is -1.47. The van der Waals surface area contributed by atoms with Gasteiger partial charge >= 0.3 is 0 Å². The number of nitrogens with one attached hydrogen (secondary N) is 3. The third kappa shape index (κ3) is 7.47. The SMILES string of the molecule is COc1ccc(CN(C)C(=O)[C@@H]2Cc3ccc(cc3)Oc3ccc(O)c(c3)C(=O)N[C@@H]([C@@H](C)O)C(=O)N[C@@H](C)C(=O)N2)c2cccnc12. The number of hydrogen-bond donors (Lipinski definition) is 5. The van der Waals surface area contributed by atoms with Crippen LogP contribution in [-0.2, 0) is 27.3 Å². The van der Waals surface area contributed by atoms with Crippen molar-refractivity contribution >= 4 is 34.5 Å². The third-order valence-electron chi connectivity index (χ3n) is 8.06. The number of methoxy groups -OCH3 is 1. The first-order chi connectivity index (χ1) is 22.9. The molecule has 6 rings (SSSR count). The van der Waals surface area contributed by atoms with E-state index in [4.69, 9.17) is 9.47 Å². The molecule has 0 unspecified atom stereocenters. The van der Waals surface area contributed by atoms with Gasteiger partial charge in [-0.25, -0.2) is 0 Å². The molecule has 0 radical (unpaired) electrons. The molecule has 4 atom stereocenters. The number of rotatable bonds is 5. The molecule has 1 aromatic heterocycles. The highest BCUT2D eigenvalue weighted by Gasteiger charge is 2.32. The van der Waals surface area contributed by atoms with Crippen molar-refractivity contribution in [2.24, 2.45) is 0 Å². The molecule has 2 aliphatic heterocycles. The highest BCUT2D eigenvalue weighted by molar-refractivity contribution is 6.01. The molecule has 48 heavy (non-hydrogen) atoms. The number of carbonyl (C=O) groups excluding carboxylic acids is 4. The summed E-state index contributed by atoms with van der Waals surface area (Å²) >= 11 is 0. The van der Waals surface area contributed by atoms with E-state index in [0.717, 1.165) is 10.9 Å². The van der Waals surface area contributed by atoms with Crippen LogP contribution in [0.25, 0.3) is 10.9 Å². The number of likely N-dealkylation sites (N-methyl/N-ethyl adjacent to an activating group) is 1. The van der Waals surface area contributed by atoms with Gasteiger partial charge in [-0.3, -0.25) is 24.2 Å². The topological polar surface area (TPSA) is 179 Å². The first kappa shape index (κ1) is 33.7. The predicted octanol–water partition coefficient (Wildman–Crippen LogP) is 2.42. The van der Waals surface area contributed by atoms with E-state index in [2.05, 4.69) is 20.9 Å². The first-order valence-corrected chi connectivity index (χ1v) is 15.3. The molecule has 250 valence electrons. The molecule has 5 N–H and O–H groups in total. The van der Waals surface area contributed by atoms with E-state index in [1.807, 2.05) is 12.1 Å². The van der Waals surface area contributed by atoms with Crippen LogP contribution in [0.5, 0.6) is 23.0 Å². The summed E-state index contributed by atoms with van der Waals surface area (Å²) in [7, 11) is 3.20. The standard InChI is InChI=1S/C35H37N5O8/c1-19-32(43)38-27(35(46)40(3)18-22-9-14-29(47-4)31-25(22)6-5-15-36-31)16-21-7-10-23(11-8-21)48-24-12-13-28(42)26(17-24)33(44)39-30(20(2)41)34(45)37-19/h5-15,17,19-20,27,30,41-42H,16,18H2,1-4H3,(H,37,45)(H,38,43)(H,39,44)/t19-,20+,27-,30-/m0/s1. The number of fused-ring (bicyclic) bond motifs is 12. The number of aromatic hydroxyl groups is 1. The second-order valence-corrected chi connectivity index (χ2v) is 11.6. The Bertz CT molecular complexity index is 1850. The number of nitrogens with zero attached hydrogens (tertiary/aromatic N) is 2. The Morgan fingerprint density at radius 3 is 2.46 bits per heavy atom. The lowest BCUT2D eigenvalue weighted by molar-refractivity contribution is -0.137. The molecule has 2 aliphatic rings. The fourth-order valence-electron chi connectivity index (χ4n) is 5.42. The second-order valence-electron chi connectivity index (χ2n) is 11.6. The van der Waals surface area contributed by atoms with Gasteiger partial charge < -0.3 is 40.5 Å². The number of aliphatic hydroxyl groups is 1. The first-order valence-electron chi connectivity index (χ1n) is 15.3. The van der Waals surface area contributed by atoms with Gasteiger partial charge in [-0.05, 0) is 67.4 Å². The maximum absolute atomic E-state index is 14.0. The van der Waals surface area contributed by atoms with E-state index in [9.17, 15) is 29.4 Å². The van der Waals surface area contributed by atoms with Crippen molar-refractivity contribution in [2.75, 3.05) is 14.2 Å². The zero-order chi connectivity index (χ0) is 34.5. The maximum Gasteiger partial charge on any atom is 0.255 e. The molecule has 3 aromatic carbocycles. The summed E-state index contributed by atoms with van der Waals surface area (Å²) in [6.07, 6.45) is 0.425. The van der Waals surface area contributed by atoms with Crippen molar-refractivity contribution in [3.8, 4) is 23.0 Å². The van der Waals surface area contributed by atoms with Gasteiger partial charge in [-0.15, -0.1) is 0 Å². The molecule has 0 fully saturated rings. The Kier molecular flexibility index (Phi) is 10.1. The number of pyridine rings is 1. The zero-order valence-electron chi connectivity index (χ0n) is 26.9. The summed E-state index contributed by atoms with van der Waals surface area (Å²) < 4.78 is 11.3. The average molecular weight is 656 g/mol. The summed E-state index contributed by atoms with van der Waals surface area (Å²) in [6, 6.07) is 14.6. The maximum atomic E-state index is 14.0. The second kappa shape index (κ2) is 14.4. The van der Waals surface area contributed by atoms with Crippen molar-refractivity contribution in [1.82, 2.24) is 25.8 Å². The van der Waals surface area contributed by atoms with E-state index in [1.54, 1.807) is 56.8 Å². The number of aliphatic hydroxyl groups excluding tert-OH is 1. The number of ether oxygens (including phenoxy) is 2. The van der Waals surface area contributed by atoms with Gasteiger partial charge in [0.25, 0.3) is 5.91 Å². The van der Waals surface area contributed by atoms with Gasteiger partial charge in [-0.2, -0.15) is 0 Å². The monoisotopic (exact) mass is 655 g/mol. The molecule has 4 bridgehead atoms. The summed E-state index contributed by atoms with van der Waals surface area (Å²) in [5, 5.41) is 29.2. The smallest absolute Gasteiger partial charge is 0.255 e. The van der Waals surface area contributed by atoms with Gasteiger partial charge in [0, 0.05) is 31.6 Å². The average Bonchev–Trinajstić information content (AvgIpc) is 3.07. The number of benzene rings is 3. The molecule has 0 spiro atoms. The Morgan fingerprint density at radius 2 is 1.75 bits per heavy atom.